The van der Waals surface area contributed by atoms with Gasteiger partial charge in [0.2, 0.25) is 0 Å². The number of aromatic nitrogens is 3. The number of hydrogen-bond acceptors (Lipinski definition) is 7. The van der Waals surface area contributed by atoms with Gasteiger partial charge in [-0.3, -0.25) is 19.6 Å². The Morgan fingerprint density at radius 2 is 2.24 bits per heavy atom. The lowest BCUT2D eigenvalue weighted by molar-refractivity contribution is -0.142. The van der Waals surface area contributed by atoms with Crippen molar-refractivity contribution in [2.75, 3.05) is 25.0 Å². The van der Waals surface area contributed by atoms with Crippen LogP contribution in [-0.2, 0) is 26.3 Å². The van der Waals surface area contributed by atoms with Crippen LogP contribution in [0.3, 0.4) is 0 Å². The van der Waals surface area contributed by atoms with Crippen LogP contribution in [0.15, 0.2) is 23.8 Å². The molecule has 2 N–H and O–H groups in total. The number of amides is 1. The highest BCUT2D eigenvalue weighted by atomic mass is 32.1. The van der Waals surface area contributed by atoms with Crippen LogP contribution >= 0.6 is 11.3 Å². The average molecular weight is 363 g/mol. The third kappa shape index (κ3) is 3.88. The monoisotopic (exact) mass is 363 g/mol. The number of nitrogens with zero attached hydrogens (tertiary/aromatic N) is 3. The predicted molar refractivity (Wildman–Crippen MR) is 93.4 cm³/mol. The van der Waals surface area contributed by atoms with Gasteiger partial charge in [-0.15, -0.1) is 11.3 Å². The molecule has 2 aromatic heterocycles. The fourth-order valence-corrected chi connectivity index (χ4v) is 3.65. The molecule has 1 aliphatic heterocycles. The van der Waals surface area contributed by atoms with E-state index in [-0.39, 0.29) is 18.3 Å². The number of ether oxygens (including phenoxy) is 1. The number of piperidine rings is 1. The number of nitrogens with one attached hydrogen (secondary N) is 2. The van der Waals surface area contributed by atoms with Crippen molar-refractivity contribution in [1.29, 1.82) is 0 Å². The van der Waals surface area contributed by atoms with E-state index in [2.05, 4.69) is 20.7 Å². The second kappa shape index (κ2) is 7.75. The largest absolute Gasteiger partial charge is 0.466 e. The lowest BCUT2D eigenvalue weighted by Gasteiger charge is -2.36. The number of thiazole rings is 1. The van der Waals surface area contributed by atoms with Gasteiger partial charge in [0.15, 0.2) is 5.13 Å². The summed E-state index contributed by atoms with van der Waals surface area (Å²) >= 11 is 1.30. The van der Waals surface area contributed by atoms with Crippen LogP contribution in [0.5, 0.6) is 0 Å². The molecule has 0 bridgehead atoms. The summed E-state index contributed by atoms with van der Waals surface area (Å²) in [6.45, 7) is 3.60. The molecule has 0 radical (unpaired) electrons. The molecule has 1 aliphatic rings. The van der Waals surface area contributed by atoms with Crippen molar-refractivity contribution >= 4 is 28.3 Å². The van der Waals surface area contributed by atoms with Gasteiger partial charge in [0, 0.05) is 17.8 Å². The average Bonchev–Trinajstić information content (AvgIpc) is 3.28. The van der Waals surface area contributed by atoms with Gasteiger partial charge in [-0.2, -0.15) is 5.10 Å². The predicted octanol–water partition coefficient (Wildman–Crippen LogP) is 1.16. The molecule has 1 amide bonds. The molecule has 3 rings (SSSR count). The fourth-order valence-electron chi connectivity index (χ4n) is 2.94. The van der Waals surface area contributed by atoms with Crippen molar-refractivity contribution in [1.82, 2.24) is 20.1 Å². The maximum atomic E-state index is 13.0. The Hall–Kier alpha value is -2.26. The summed E-state index contributed by atoms with van der Waals surface area (Å²) in [5.74, 6) is -0.452. The summed E-state index contributed by atoms with van der Waals surface area (Å²) in [6, 6.07) is 1.82. The third-order valence-electron chi connectivity index (χ3n) is 4.20. The Morgan fingerprint density at radius 1 is 1.44 bits per heavy atom. The number of rotatable bonds is 6. The minimum absolute atomic E-state index is 0.106. The van der Waals surface area contributed by atoms with E-state index in [1.165, 1.54) is 11.3 Å². The van der Waals surface area contributed by atoms with Gasteiger partial charge in [0.25, 0.3) is 5.91 Å². The number of anilines is 1. The summed E-state index contributed by atoms with van der Waals surface area (Å²) in [6.07, 6.45) is 4.91. The highest BCUT2D eigenvalue weighted by molar-refractivity contribution is 7.13. The van der Waals surface area contributed by atoms with E-state index in [4.69, 9.17) is 4.74 Å². The van der Waals surface area contributed by atoms with Crippen LogP contribution in [-0.4, -0.2) is 46.3 Å². The maximum absolute atomic E-state index is 13.0. The highest BCUT2D eigenvalue weighted by Crippen LogP contribution is 2.29. The van der Waals surface area contributed by atoms with Gasteiger partial charge < -0.3 is 10.1 Å². The molecule has 0 aliphatic carbocycles. The second-order valence-corrected chi connectivity index (χ2v) is 6.67. The minimum Gasteiger partial charge on any atom is -0.466 e. The second-order valence-electron chi connectivity index (χ2n) is 5.81. The van der Waals surface area contributed by atoms with Gasteiger partial charge in [0.05, 0.1) is 18.7 Å². The molecule has 134 valence electrons. The Kier molecular flexibility index (Phi) is 5.44. The molecule has 25 heavy (non-hydrogen) atoms. The first-order chi connectivity index (χ1) is 12.1. The summed E-state index contributed by atoms with van der Waals surface area (Å²) in [5, 5.41) is 12.7. The third-order valence-corrected chi connectivity index (χ3v) is 5.01. The Morgan fingerprint density at radius 3 is 2.92 bits per heavy atom. The topological polar surface area (TPSA) is 98.1 Å². The van der Waals surface area contributed by atoms with E-state index in [9.17, 15) is 9.59 Å². The molecule has 3 heterocycles. The van der Waals surface area contributed by atoms with Gasteiger partial charge in [-0.05, 0) is 38.9 Å². The van der Waals surface area contributed by atoms with Crippen LogP contribution in [0, 0.1) is 0 Å². The lowest BCUT2D eigenvalue weighted by Crippen LogP contribution is -2.52. The van der Waals surface area contributed by atoms with Crippen LogP contribution in [0.2, 0.25) is 0 Å². The zero-order valence-electron chi connectivity index (χ0n) is 14.0. The van der Waals surface area contributed by atoms with Crippen LogP contribution in [0.4, 0.5) is 5.13 Å². The van der Waals surface area contributed by atoms with Crippen LogP contribution < -0.4 is 10.6 Å². The van der Waals surface area contributed by atoms with Crippen molar-refractivity contribution in [2.45, 2.75) is 31.7 Å². The van der Waals surface area contributed by atoms with E-state index >= 15 is 0 Å². The molecule has 8 nitrogen and oxygen atoms in total. The molecule has 9 heteroatoms. The summed E-state index contributed by atoms with van der Waals surface area (Å²) < 4.78 is 6.65. The Balaban J connectivity index is 1.72. The van der Waals surface area contributed by atoms with Crippen molar-refractivity contribution in [3.63, 3.8) is 0 Å². The van der Waals surface area contributed by atoms with Crippen LogP contribution in [0.1, 0.15) is 25.5 Å². The first-order valence-electron chi connectivity index (χ1n) is 8.26. The molecule has 0 spiro atoms. The van der Waals surface area contributed by atoms with Gasteiger partial charge >= 0.3 is 5.97 Å². The van der Waals surface area contributed by atoms with Crippen molar-refractivity contribution in [3.8, 4) is 0 Å². The zero-order chi connectivity index (χ0) is 17.7. The maximum Gasteiger partial charge on any atom is 0.311 e. The van der Waals surface area contributed by atoms with Gasteiger partial charge in [-0.1, -0.05) is 0 Å². The fraction of sp³-hybridized carbons (Fsp3) is 0.500. The van der Waals surface area contributed by atoms with Gasteiger partial charge in [0.1, 0.15) is 5.54 Å². The number of carbonyl (C=O) groups is 2. The Bertz CT molecular complexity index is 722. The normalized spacial score (nSPS) is 16.4. The smallest absolute Gasteiger partial charge is 0.311 e. The van der Waals surface area contributed by atoms with E-state index in [1.54, 1.807) is 23.2 Å². The molecule has 0 saturated carbocycles. The molecule has 0 aromatic carbocycles. The summed E-state index contributed by atoms with van der Waals surface area (Å²) in [4.78, 5) is 28.9. The number of carbonyl (C=O) groups excluding carboxylic acids is 2. The van der Waals surface area contributed by atoms with Crippen molar-refractivity contribution < 1.29 is 14.3 Å². The van der Waals surface area contributed by atoms with E-state index in [0.29, 0.717) is 30.3 Å². The minimum atomic E-state index is -0.721. The molecule has 0 atom stereocenters. The van der Waals surface area contributed by atoms with Crippen LogP contribution in [0.25, 0.3) is 0 Å². The van der Waals surface area contributed by atoms with Gasteiger partial charge in [-0.25, -0.2) is 4.98 Å². The first kappa shape index (κ1) is 17.6. The molecule has 1 saturated heterocycles. The molecule has 1 fully saturated rings. The molecule has 2 aromatic rings. The first-order valence-corrected chi connectivity index (χ1v) is 9.14. The zero-order valence-corrected chi connectivity index (χ0v) is 14.8. The summed E-state index contributed by atoms with van der Waals surface area (Å²) in [5.41, 5.74) is -0.126. The SMILES string of the molecule is CCOC(=O)Cc1csc(NC(=O)C2(n3cccn3)CCNCC2)n1. The van der Waals surface area contributed by atoms with Crippen molar-refractivity contribution in [2.24, 2.45) is 0 Å². The highest BCUT2D eigenvalue weighted by Gasteiger charge is 2.42. The molecular weight excluding hydrogens is 342 g/mol. The summed E-state index contributed by atoms with van der Waals surface area (Å²) in [7, 11) is 0. The van der Waals surface area contributed by atoms with E-state index < -0.39 is 5.54 Å². The molecular formula is C16H21N5O3S. The van der Waals surface area contributed by atoms with Crippen molar-refractivity contribution in [3.05, 3.63) is 29.5 Å². The Labute approximate surface area is 149 Å². The standard InChI is InChI=1S/C16H21N5O3S/c1-2-24-13(22)10-12-11-25-15(19-12)20-14(23)16(4-7-17-8-5-16)21-9-3-6-18-21/h3,6,9,11,17H,2,4-5,7-8,10H2,1H3,(H,19,20,23). The molecule has 0 unspecified atom stereocenters. The number of esters is 1. The number of hydrogen-bond donors (Lipinski definition) is 2. The van der Waals surface area contributed by atoms with E-state index in [0.717, 1.165) is 13.1 Å². The van der Waals surface area contributed by atoms with E-state index in [1.807, 2.05) is 12.3 Å². The quantitative estimate of drug-likeness (QED) is 0.748. The lowest BCUT2D eigenvalue weighted by atomic mass is 9.87.